The molecule has 1 saturated heterocycles. The van der Waals surface area contributed by atoms with Crippen molar-refractivity contribution >= 4 is 5.97 Å². The van der Waals surface area contributed by atoms with Crippen molar-refractivity contribution < 1.29 is 9.90 Å². The molecule has 0 amide bonds. The third-order valence-electron chi connectivity index (χ3n) is 1.41. The fourth-order valence-corrected chi connectivity index (χ4v) is 0.895. The van der Waals surface area contributed by atoms with Gasteiger partial charge in [-0.15, -0.1) is 0 Å². The van der Waals surface area contributed by atoms with E-state index >= 15 is 0 Å². The van der Waals surface area contributed by atoms with E-state index in [1.54, 1.807) is 0 Å². The zero-order valence-electron chi connectivity index (χ0n) is 5.05. The number of hydrogen-bond acceptors (Lipinski definition) is 2. The van der Waals surface area contributed by atoms with Gasteiger partial charge in [0.25, 0.3) is 0 Å². The largest absolute Gasteiger partial charge is 0.480 e. The normalized spacial score (nSPS) is 25.8. The summed E-state index contributed by atoms with van der Waals surface area (Å²) in [6.45, 7) is 3.61. The highest BCUT2D eigenvalue weighted by molar-refractivity contribution is 5.74. The maximum Gasteiger partial charge on any atom is 0.326 e. The Morgan fingerprint density at radius 3 is 2.78 bits per heavy atom. The molecular weight excluding hydrogens is 118 g/mol. The van der Waals surface area contributed by atoms with Crippen LogP contribution < -0.4 is 5.32 Å². The molecule has 0 aliphatic carbocycles. The van der Waals surface area contributed by atoms with Crippen LogP contribution in [0, 0.1) is 0 Å². The third kappa shape index (κ3) is 1.22. The lowest BCUT2D eigenvalue weighted by molar-refractivity contribution is -0.138. The first-order chi connectivity index (χ1) is 4.20. The molecule has 2 N–H and O–H groups in total. The standard InChI is InChI=1S/C6H9NO2/c1-4-2-3-5(7-4)6(8)9/h5,7H,1-3H2,(H,8,9)/t5-/m0/s1. The fourth-order valence-electron chi connectivity index (χ4n) is 0.895. The highest BCUT2D eigenvalue weighted by Crippen LogP contribution is 2.12. The van der Waals surface area contributed by atoms with E-state index in [2.05, 4.69) is 11.9 Å². The topological polar surface area (TPSA) is 49.3 Å². The van der Waals surface area contributed by atoms with Crippen LogP contribution in [0.2, 0.25) is 0 Å². The molecule has 0 aromatic rings. The number of allylic oxidation sites excluding steroid dienone is 1. The lowest BCUT2D eigenvalue weighted by Crippen LogP contribution is -2.29. The molecule has 0 aromatic heterocycles. The van der Waals surface area contributed by atoms with Gasteiger partial charge in [0.05, 0.1) is 0 Å². The van der Waals surface area contributed by atoms with Gasteiger partial charge in [-0.2, -0.15) is 0 Å². The van der Waals surface area contributed by atoms with Crippen LogP contribution in [0.4, 0.5) is 0 Å². The Balaban J connectivity index is 2.48. The van der Waals surface area contributed by atoms with E-state index in [0.717, 1.165) is 12.1 Å². The molecule has 0 bridgehead atoms. The van der Waals surface area contributed by atoms with Crippen molar-refractivity contribution in [3.63, 3.8) is 0 Å². The first-order valence-electron chi connectivity index (χ1n) is 2.87. The predicted octanol–water partition coefficient (Wildman–Crippen LogP) is 0.337. The predicted molar refractivity (Wildman–Crippen MR) is 32.9 cm³/mol. The summed E-state index contributed by atoms with van der Waals surface area (Å²) in [6.07, 6.45) is 1.46. The molecule has 50 valence electrons. The van der Waals surface area contributed by atoms with E-state index in [4.69, 9.17) is 5.11 Å². The molecule has 0 aromatic carbocycles. The van der Waals surface area contributed by atoms with Gasteiger partial charge in [0.15, 0.2) is 0 Å². The number of carboxylic acids is 1. The van der Waals surface area contributed by atoms with Crippen LogP contribution in [0.5, 0.6) is 0 Å². The molecule has 1 aliphatic heterocycles. The minimum absolute atomic E-state index is 0.391. The van der Waals surface area contributed by atoms with Gasteiger partial charge in [-0.25, -0.2) is 4.79 Å². The first kappa shape index (κ1) is 6.13. The summed E-state index contributed by atoms with van der Waals surface area (Å²) < 4.78 is 0. The van der Waals surface area contributed by atoms with Crippen LogP contribution in [0.15, 0.2) is 12.3 Å². The average Bonchev–Trinajstić information content (AvgIpc) is 2.14. The quantitative estimate of drug-likeness (QED) is 0.534. The lowest BCUT2D eigenvalue weighted by Gasteiger charge is -2.02. The second-order valence-corrected chi connectivity index (χ2v) is 2.18. The number of hydrogen-bond donors (Lipinski definition) is 2. The van der Waals surface area contributed by atoms with E-state index in [-0.39, 0.29) is 0 Å². The van der Waals surface area contributed by atoms with E-state index < -0.39 is 12.0 Å². The van der Waals surface area contributed by atoms with Gasteiger partial charge >= 0.3 is 5.97 Å². The molecular formula is C6H9NO2. The molecule has 9 heavy (non-hydrogen) atoms. The van der Waals surface area contributed by atoms with Crippen molar-refractivity contribution in [3.8, 4) is 0 Å². The summed E-state index contributed by atoms with van der Waals surface area (Å²) in [5, 5.41) is 11.2. The number of carboxylic acid groups (broad SMARTS) is 1. The van der Waals surface area contributed by atoms with Gasteiger partial charge < -0.3 is 10.4 Å². The van der Waals surface area contributed by atoms with Gasteiger partial charge in [0, 0.05) is 5.70 Å². The zero-order chi connectivity index (χ0) is 6.85. The van der Waals surface area contributed by atoms with Gasteiger partial charge in [0.2, 0.25) is 0 Å². The van der Waals surface area contributed by atoms with Gasteiger partial charge in [-0.05, 0) is 12.8 Å². The number of nitrogens with one attached hydrogen (secondary N) is 1. The summed E-state index contributed by atoms with van der Waals surface area (Å²) in [5.74, 6) is -0.784. The van der Waals surface area contributed by atoms with E-state index in [0.29, 0.717) is 6.42 Å². The Morgan fingerprint density at radius 2 is 2.56 bits per heavy atom. The van der Waals surface area contributed by atoms with Gasteiger partial charge in [-0.1, -0.05) is 6.58 Å². The second-order valence-electron chi connectivity index (χ2n) is 2.18. The minimum atomic E-state index is -0.784. The van der Waals surface area contributed by atoms with Crippen LogP contribution in [-0.4, -0.2) is 17.1 Å². The molecule has 1 fully saturated rings. The van der Waals surface area contributed by atoms with E-state index in [1.165, 1.54) is 0 Å². The molecule has 1 rings (SSSR count). The molecule has 3 heteroatoms. The first-order valence-corrected chi connectivity index (χ1v) is 2.87. The van der Waals surface area contributed by atoms with Crippen LogP contribution >= 0.6 is 0 Å². The van der Waals surface area contributed by atoms with Crippen molar-refractivity contribution in [1.29, 1.82) is 0 Å². The Bertz CT molecular complexity index is 153. The molecule has 3 nitrogen and oxygen atoms in total. The number of rotatable bonds is 1. The molecule has 1 atom stereocenters. The van der Waals surface area contributed by atoms with E-state index in [1.807, 2.05) is 0 Å². The van der Waals surface area contributed by atoms with E-state index in [9.17, 15) is 4.79 Å². The van der Waals surface area contributed by atoms with Crippen molar-refractivity contribution in [2.75, 3.05) is 0 Å². The monoisotopic (exact) mass is 127 g/mol. The van der Waals surface area contributed by atoms with Crippen molar-refractivity contribution in [1.82, 2.24) is 5.32 Å². The number of carbonyl (C=O) groups is 1. The second kappa shape index (κ2) is 2.09. The summed E-state index contributed by atoms with van der Waals surface area (Å²) in [6, 6.07) is -0.391. The molecule has 1 aliphatic rings. The Kier molecular flexibility index (Phi) is 1.42. The molecule has 1 heterocycles. The Morgan fingerprint density at radius 1 is 1.89 bits per heavy atom. The summed E-state index contributed by atoms with van der Waals surface area (Å²) in [4.78, 5) is 10.2. The van der Waals surface area contributed by atoms with Crippen molar-refractivity contribution in [2.24, 2.45) is 0 Å². The minimum Gasteiger partial charge on any atom is -0.480 e. The summed E-state index contributed by atoms with van der Waals surface area (Å²) >= 11 is 0. The Labute approximate surface area is 53.4 Å². The molecule has 0 saturated carbocycles. The highest BCUT2D eigenvalue weighted by Gasteiger charge is 2.22. The van der Waals surface area contributed by atoms with Gasteiger partial charge in [0.1, 0.15) is 6.04 Å². The maximum absolute atomic E-state index is 10.2. The molecule has 0 spiro atoms. The zero-order valence-corrected chi connectivity index (χ0v) is 5.05. The van der Waals surface area contributed by atoms with Crippen molar-refractivity contribution in [2.45, 2.75) is 18.9 Å². The van der Waals surface area contributed by atoms with Crippen LogP contribution in [0.3, 0.4) is 0 Å². The Hall–Kier alpha value is -0.990. The summed E-state index contributed by atoms with van der Waals surface area (Å²) in [5.41, 5.74) is 0.836. The highest BCUT2D eigenvalue weighted by atomic mass is 16.4. The maximum atomic E-state index is 10.2. The molecule has 0 radical (unpaired) electrons. The molecule has 0 unspecified atom stereocenters. The SMILES string of the molecule is C=C1CC[C@@H](C(=O)O)N1. The van der Waals surface area contributed by atoms with Gasteiger partial charge in [-0.3, -0.25) is 0 Å². The van der Waals surface area contributed by atoms with Crippen LogP contribution in [0.1, 0.15) is 12.8 Å². The third-order valence-corrected chi connectivity index (χ3v) is 1.41. The average molecular weight is 127 g/mol. The smallest absolute Gasteiger partial charge is 0.326 e. The lowest BCUT2D eigenvalue weighted by atomic mass is 10.2. The van der Waals surface area contributed by atoms with Crippen molar-refractivity contribution in [3.05, 3.63) is 12.3 Å². The fraction of sp³-hybridized carbons (Fsp3) is 0.500. The van der Waals surface area contributed by atoms with Crippen LogP contribution in [-0.2, 0) is 4.79 Å². The van der Waals surface area contributed by atoms with Crippen LogP contribution in [0.25, 0.3) is 0 Å². The number of aliphatic carboxylic acids is 1. The summed E-state index contributed by atoms with van der Waals surface area (Å²) in [7, 11) is 0.